The average molecular weight is 611 g/mol. The number of halogens is 5. The summed E-state index contributed by atoms with van der Waals surface area (Å²) in [6.45, 7) is 1.64. The zero-order valence-electron chi connectivity index (χ0n) is 15.7. The van der Waals surface area contributed by atoms with Crippen molar-refractivity contribution >= 4 is 12.0 Å². The number of benzene rings is 1. The van der Waals surface area contributed by atoms with Gasteiger partial charge >= 0.3 is 26.3 Å². The summed E-state index contributed by atoms with van der Waals surface area (Å²) in [6.07, 6.45) is -1.26. The number of anilines is 1. The zero-order chi connectivity index (χ0) is 21.7. The molecule has 0 bridgehead atoms. The molecule has 31 heavy (non-hydrogen) atoms. The molecule has 4 rings (SSSR count). The van der Waals surface area contributed by atoms with Gasteiger partial charge in [-0.3, -0.25) is 4.98 Å². The Balaban J connectivity index is 0.000000215. The van der Waals surface area contributed by atoms with Crippen molar-refractivity contribution in [2.75, 3.05) is 12.1 Å². The second-order valence-electron chi connectivity index (χ2n) is 5.92. The van der Waals surface area contributed by atoms with Crippen molar-refractivity contribution in [2.24, 2.45) is 5.10 Å². The van der Waals surface area contributed by atoms with Crippen molar-refractivity contribution in [1.29, 1.82) is 0 Å². The summed E-state index contributed by atoms with van der Waals surface area (Å²) in [5, 5.41) is 5.39. The summed E-state index contributed by atoms with van der Waals surface area (Å²) >= 11 is 0. The first-order chi connectivity index (χ1) is 14.2. The monoisotopic (exact) mass is 611 g/mol. The van der Waals surface area contributed by atoms with Crippen LogP contribution in [0, 0.1) is 30.7 Å². The Kier molecular flexibility index (Phi) is 8.18. The molecule has 3 aromatic rings. The molecule has 0 spiro atoms. The first-order valence-corrected chi connectivity index (χ1v) is 8.38. The third-order valence-corrected chi connectivity index (χ3v) is 3.69. The molecule has 0 atom stereocenters. The van der Waals surface area contributed by atoms with Gasteiger partial charge in [0, 0.05) is 6.20 Å². The normalized spacial score (nSPS) is 12.8. The Labute approximate surface area is 188 Å². The SMILES string of the molecule is CN1C=NN(c2[c-]cc(C(F)(F)F)cc2)[CH-]1.Fc1c[c-]c(-c2ccccn2)c(F)n1.[Ir+3]. The van der Waals surface area contributed by atoms with Crippen LogP contribution in [0.4, 0.5) is 27.6 Å². The summed E-state index contributed by atoms with van der Waals surface area (Å²) in [6, 6.07) is 14.2. The first kappa shape index (κ1) is 24.4. The maximum atomic E-state index is 13.1. The number of nitrogens with zero attached hydrogens (tertiary/aromatic N) is 5. The third kappa shape index (κ3) is 6.53. The Bertz CT molecular complexity index is 1010. The molecule has 1 aliphatic rings. The van der Waals surface area contributed by atoms with E-state index in [1.54, 1.807) is 43.2 Å². The molecule has 5 nitrogen and oxygen atoms in total. The fraction of sp³-hybridized carbons (Fsp3) is 0.100. The average Bonchev–Trinajstić information content (AvgIpc) is 3.15. The molecule has 0 fully saturated rings. The summed E-state index contributed by atoms with van der Waals surface area (Å²) < 4.78 is 62.4. The number of hydrogen-bond acceptors (Lipinski definition) is 5. The number of alkyl halides is 3. The smallest absolute Gasteiger partial charge is 0.493 e. The van der Waals surface area contributed by atoms with Gasteiger partial charge in [0.15, 0.2) is 0 Å². The molecule has 2 aromatic heterocycles. The third-order valence-electron chi connectivity index (χ3n) is 3.69. The minimum atomic E-state index is -4.33. The molecule has 0 amide bonds. The molecule has 0 unspecified atom stereocenters. The topological polar surface area (TPSA) is 44.6 Å². The summed E-state index contributed by atoms with van der Waals surface area (Å²) in [5.74, 6) is -1.79. The number of pyridine rings is 2. The molecule has 11 heteroatoms. The molecule has 0 saturated carbocycles. The Morgan fingerprint density at radius 3 is 2.32 bits per heavy atom. The predicted octanol–water partition coefficient (Wildman–Crippen LogP) is 4.54. The predicted molar refractivity (Wildman–Crippen MR) is 99.5 cm³/mol. The van der Waals surface area contributed by atoms with Crippen LogP contribution in [0.3, 0.4) is 0 Å². The minimum Gasteiger partial charge on any atom is -0.493 e. The summed E-state index contributed by atoms with van der Waals surface area (Å²) in [4.78, 5) is 8.64. The minimum absolute atomic E-state index is 0. The first-order valence-electron chi connectivity index (χ1n) is 8.38. The standard InChI is InChI=1S/C10H8F3N3.C10H5F2N2.Ir/c1-15-6-14-16(7-15)9-4-2-8(3-5-9)10(11,12)13;11-9-5-4-7(10(12)14-9)8-3-1-2-6-13-8;/h2-4,6-7H,1H3;1-3,5-6H;/q-2;-1;+3. The second-order valence-corrected chi connectivity index (χ2v) is 5.92. The van der Waals surface area contributed by atoms with Crippen molar-refractivity contribution < 1.29 is 42.1 Å². The molecular formula is C20H13F5IrN5. The van der Waals surface area contributed by atoms with E-state index in [1.165, 1.54) is 17.3 Å². The van der Waals surface area contributed by atoms with E-state index >= 15 is 0 Å². The van der Waals surface area contributed by atoms with Crippen LogP contribution in [-0.2, 0) is 26.3 Å². The maximum absolute atomic E-state index is 13.1. The maximum Gasteiger partial charge on any atom is 3.00 e. The van der Waals surface area contributed by atoms with Gasteiger partial charge in [-0.1, -0.05) is 35.0 Å². The zero-order valence-corrected chi connectivity index (χ0v) is 18.1. The van der Waals surface area contributed by atoms with Crippen LogP contribution in [0.1, 0.15) is 5.56 Å². The molecule has 1 aliphatic heterocycles. The van der Waals surface area contributed by atoms with E-state index < -0.39 is 23.6 Å². The Morgan fingerprint density at radius 2 is 1.81 bits per heavy atom. The van der Waals surface area contributed by atoms with Crippen molar-refractivity contribution in [1.82, 2.24) is 14.9 Å². The van der Waals surface area contributed by atoms with Crippen LogP contribution in [0.15, 0.2) is 53.8 Å². The van der Waals surface area contributed by atoms with Crippen LogP contribution in [0.5, 0.6) is 0 Å². The van der Waals surface area contributed by atoms with Crippen LogP contribution in [-0.4, -0.2) is 28.3 Å². The van der Waals surface area contributed by atoms with Crippen LogP contribution >= 0.6 is 0 Å². The van der Waals surface area contributed by atoms with Crippen LogP contribution in [0.2, 0.25) is 0 Å². The molecule has 3 heterocycles. The van der Waals surface area contributed by atoms with Gasteiger partial charge < -0.3 is 14.9 Å². The van der Waals surface area contributed by atoms with E-state index in [1.807, 2.05) is 0 Å². The molecule has 0 saturated heterocycles. The van der Waals surface area contributed by atoms with E-state index in [9.17, 15) is 22.0 Å². The van der Waals surface area contributed by atoms with E-state index in [2.05, 4.69) is 27.2 Å². The van der Waals surface area contributed by atoms with Gasteiger partial charge in [-0.05, 0) is 18.8 Å². The van der Waals surface area contributed by atoms with Crippen molar-refractivity contribution in [3.8, 4) is 11.3 Å². The molecule has 0 aliphatic carbocycles. The van der Waals surface area contributed by atoms with Gasteiger partial charge in [-0.25, -0.2) is 8.78 Å². The Morgan fingerprint density at radius 1 is 1.03 bits per heavy atom. The van der Waals surface area contributed by atoms with E-state index in [4.69, 9.17) is 0 Å². The largest absolute Gasteiger partial charge is 3.00 e. The van der Waals surface area contributed by atoms with Gasteiger partial charge in [-0.15, -0.1) is 18.8 Å². The molecule has 1 aromatic carbocycles. The number of hydrogen-bond donors (Lipinski definition) is 0. The van der Waals surface area contributed by atoms with Gasteiger partial charge in [0.1, 0.15) is 11.9 Å². The van der Waals surface area contributed by atoms with E-state index in [-0.39, 0.29) is 25.7 Å². The van der Waals surface area contributed by atoms with Crippen molar-refractivity contribution in [3.63, 3.8) is 0 Å². The molecular weight excluding hydrogens is 597 g/mol. The fourth-order valence-electron chi connectivity index (χ4n) is 2.29. The fourth-order valence-corrected chi connectivity index (χ4v) is 2.29. The summed E-state index contributed by atoms with van der Waals surface area (Å²) in [5.41, 5.74) is 0.214. The molecule has 162 valence electrons. The second kappa shape index (κ2) is 10.4. The van der Waals surface area contributed by atoms with Crippen molar-refractivity contribution in [2.45, 2.75) is 6.18 Å². The number of rotatable bonds is 2. The Hall–Kier alpha value is -2.91. The molecule has 0 radical (unpaired) electrons. The van der Waals surface area contributed by atoms with E-state index in [0.717, 1.165) is 18.2 Å². The number of hydrazone groups is 1. The van der Waals surface area contributed by atoms with Gasteiger partial charge in [0.05, 0.1) is 6.34 Å². The van der Waals surface area contributed by atoms with Gasteiger partial charge in [0.2, 0.25) is 0 Å². The van der Waals surface area contributed by atoms with Crippen molar-refractivity contribution in [3.05, 3.63) is 84.9 Å². The van der Waals surface area contributed by atoms with Gasteiger partial charge in [-0.2, -0.15) is 36.5 Å². The molecule has 0 N–H and O–H groups in total. The van der Waals surface area contributed by atoms with Gasteiger partial charge in [0.25, 0.3) is 0 Å². The summed E-state index contributed by atoms with van der Waals surface area (Å²) in [7, 11) is 1.77. The quantitative estimate of drug-likeness (QED) is 0.243. The number of aromatic nitrogens is 2. The van der Waals surface area contributed by atoms with Crippen LogP contribution in [0.25, 0.3) is 11.3 Å². The van der Waals surface area contributed by atoms with E-state index in [0.29, 0.717) is 11.4 Å². The van der Waals surface area contributed by atoms with Crippen LogP contribution < -0.4 is 5.01 Å².